The molecule has 2 N–H and O–H groups in total. The molecule has 0 bridgehead atoms. The summed E-state index contributed by atoms with van der Waals surface area (Å²) in [6, 6.07) is 10.5. The number of hydrogen-bond donors (Lipinski definition) is 2. The van der Waals surface area contributed by atoms with E-state index >= 15 is 0 Å². The highest BCUT2D eigenvalue weighted by Gasteiger charge is 2.33. The number of carbonyl (C=O) groups excluding carboxylic acids is 2. The van der Waals surface area contributed by atoms with E-state index in [2.05, 4.69) is 5.32 Å². The molecule has 0 spiro atoms. The van der Waals surface area contributed by atoms with E-state index < -0.39 is 0 Å². The van der Waals surface area contributed by atoms with Crippen LogP contribution in [0, 0.1) is 20.8 Å². The standard InChI is InChI=1S/C21H24N2O3/c1-13-4-5-17(10-14(13)2)21(26)23-9-8-18(23)12-22-20(25)16-6-7-19(24)15(3)11-16/h4-7,10-11,18,24H,8-9,12H2,1-3H3,(H,22,25). The van der Waals surface area contributed by atoms with Crippen molar-refractivity contribution in [3.05, 3.63) is 64.2 Å². The van der Waals surface area contributed by atoms with Crippen LogP contribution in [0.3, 0.4) is 0 Å². The van der Waals surface area contributed by atoms with Gasteiger partial charge in [-0.15, -0.1) is 0 Å². The fraction of sp³-hybridized carbons (Fsp3) is 0.333. The fourth-order valence-corrected chi connectivity index (χ4v) is 3.07. The zero-order valence-corrected chi connectivity index (χ0v) is 15.4. The number of phenolic OH excluding ortho intramolecular Hbond substituents is 1. The summed E-state index contributed by atoms with van der Waals surface area (Å²) < 4.78 is 0. The molecule has 5 heteroatoms. The number of benzene rings is 2. The van der Waals surface area contributed by atoms with Crippen molar-refractivity contribution in [2.24, 2.45) is 0 Å². The lowest BCUT2D eigenvalue weighted by Crippen LogP contribution is -2.55. The van der Waals surface area contributed by atoms with E-state index in [0.717, 1.165) is 17.5 Å². The lowest BCUT2D eigenvalue weighted by atomic mass is 9.99. The van der Waals surface area contributed by atoms with Crippen LogP contribution in [0.4, 0.5) is 0 Å². The first-order valence-electron chi connectivity index (χ1n) is 8.83. The molecule has 5 nitrogen and oxygen atoms in total. The van der Waals surface area contributed by atoms with E-state index in [4.69, 9.17) is 0 Å². The summed E-state index contributed by atoms with van der Waals surface area (Å²) in [4.78, 5) is 26.8. The van der Waals surface area contributed by atoms with Crippen molar-refractivity contribution in [3.63, 3.8) is 0 Å². The lowest BCUT2D eigenvalue weighted by Gasteiger charge is -2.41. The second-order valence-corrected chi connectivity index (χ2v) is 6.95. The number of aryl methyl sites for hydroxylation is 3. The van der Waals surface area contributed by atoms with Crippen LogP contribution in [0.15, 0.2) is 36.4 Å². The molecule has 26 heavy (non-hydrogen) atoms. The minimum absolute atomic E-state index is 0.0130. The van der Waals surface area contributed by atoms with Gasteiger partial charge in [-0.1, -0.05) is 6.07 Å². The molecule has 1 unspecified atom stereocenters. The number of carbonyl (C=O) groups is 2. The van der Waals surface area contributed by atoms with Crippen LogP contribution in [-0.4, -0.2) is 41.0 Å². The zero-order chi connectivity index (χ0) is 18.8. The molecule has 136 valence electrons. The smallest absolute Gasteiger partial charge is 0.254 e. The number of nitrogens with zero attached hydrogens (tertiary/aromatic N) is 1. The summed E-state index contributed by atoms with van der Waals surface area (Å²) in [7, 11) is 0. The fourth-order valence-electron chi connectivity index (χ4n) is 3.07. The predicted molar refractivity (Wildman–Crippen MR) is 101 cm³/mol. The van der Waals surface area contributed by atoms with Crippen LogP contribution >= 0.6 is 0 Å². The highest BCUT2D eigenvalue weighted by Crippen LogP contribution is 2.22. The topological polar surface area (TPSA) is 69.6 Å². The normalized spacial score (nSPS) is 16.1. The number of hydrogen-bond acceptors (Lipinski definition) is 3. The molecule has 2 amide bonds. The Labute approximate surface area is 153 Å². The molecular formula is C21H24N2O3. The first-order chi connectivity index (χ1) is 12.4. The summed E-state index contributed by atoms with van der Waals surface area (Å²) in [5.74, 6) is -0.0108. The Balaban J connectivity index is 1.60. The molecule has 1 heterocycles. The van der Waals surface area contributed by atoms with Gasteiger partial charge in [0.05, 0.1) is 6.04 Å². The Bertz CT molecular complexity index is 860. The number of likely N-dealkylation sites (tertiary alicyclic amines) is 1. The SMILES string of the molecule is Cc1ccc(C(=O)N2CCC2CNC(=O)c2ccc(O)c(C)c2)cc1C. The molecule has 1 aliphatic rings. The lowest BCUT2D eigenvalue weighted by molar-refractivity contribution is 0.0455. The van der Waals surface area contributed by atoms with E-state index in [9.17, 15) is 14.7 Å². The van der Waals surface area contributed by atoms with E-state index in [1.165, 1.54) is 6.07 Å². The van der Waals surface area contributed by atoms with Crippen molar-refractivity contribution in [1.29, 1.82) is 0 Å². The predicted octanol–water partition coefficient (Wildman–Crippen LogP) is 2.96. The highest BCUT2D eigenvalue weighted by molar-refractivity contribution is 5.96. The van der Waals surface area contributed by atoms with Crippen molar-refractivity contribution in [3.8, 4) is 5.75 Å². The molecule has 1 fully saturated rings. The second-order valence-electron chi connectivity index (χ2n) is 6.95. The molecule has 1 aliphatic heterocycles. The minimum Gasteiger partial charge on any atom is -0.508 e. The van der Waals surface area contributed by atoms with E-state index in [1.807, 2.05) is 36.9 Å². The quantitative estimate of drug-likeness (QED) is 0.889. The number of aromatic hydroxyl groups is 1. The molecule has 2 aromatic carbocycles. The average molecular weight is 352 g/mol. The first kappa shape index (κ1) is 18.0. The van der Waals surface area contributed by atoms with E-state index in [1.54, 1.807) is 19.1 Å². The highest BCUT2D eigenvalue weighted by atomic mass is 16.3. The van der Waals surface area contributed by atoms with Crippen LogP contribution in [-0.2, 0) is 0 Å². The van der Waals surface area contributed by atoms with Crippen molar-refractivity contribution < 1.29 is 14.7 Å². The van der Waals surface area contributed by atoms with Crippen LogP contribution in [0.2, 0.25) is 0 Å². The first-order valence-corrected chi connectivity index (χ1v) is 8.83. The van der Waals surface area contributed by atoms with Crippen LogP contribution in [0.5, 0.6) is 5.75 Å². The Morgan fingerprint density at radius 3 is 2.35 bits per heavy atom. The molecule has 1 saturated heterocycles. The molecule has 1 atom stereocenters. The van der Waals surface area contributed by atoms with E-state index in [0.29, 0.717) is 29.8 Å². The van der Waals surface area contributed by atoms with Gasteiger partial charge in [0, 0.05) is 24.2 Å². The maximum Gasteiger partial charge on any atom is 0.254 e. The summed E-state index contributed by atoms with van der Waals surface area (Å²) in [5, 5.41) is 12.4. The number of nitrogens with one attached hydrogen (secondary N) is 1. The van der Waals surface area contributed by atoms with Gasteiger partial charge in [-0.05, 0) is 74.2 Å². The summed E-state index contributed by atoms with van der Waals surface area (Å²) in [6.45, 7) is 6.91. The number of phenols is 1. The van der Waals surface area contributed by atoms with Gasteiger partial charge in [0.2, 0.25) is 0 Å². The molecule has 0 aromatic heterocycles. The molecule has 0 saturated carbocycles. The van der Waals surface area contributed by atoms with Gasteiger partial charge in [-0.2, -0.15) is 0 Å². The third-order valence-corrected chi connectivity index (χ3v) is 5.12. The van der Waals surface area contributed by atoms with Crippen LogP contribution < -0.4 is 5.32 Å². The minimum atomic E-state index is -0.196. The van der Waals surface area contributed by atoms with Gasteiger partial charge in [0.1, 0.15) is 5.75 Å². The Kier molecular flexibility index (Phi) is 4.98. The van der Waals surface area contributed by atoms with Gasteiger partial charge in [0.15, 0.2) is 0 Å². The molecule has 2 aromatic rings. The molecular weight excluding hydrogens is 328 g/mol. The number of rotatable bonds is 4. The molecule has 0 radical (unpaired) electrons. The van der Waals surface area contributed by atoms with Crippen molar-refractivity contribution >= 4 is 11.8 Å². The molecule has 0 aliphatic carbocycles. The summed E-state index contributed by atoms with van der Waals surface area (Å²) in [5.41, 5.74) is 4.12. The van der Waals surface area contributed by atoms with E-state index in [-0.39, 0.29) is 23.6 Å². The monoisotopic (exact) mass is 352 g/mol. The Morgan fingerprint density at radius 2 is 1.73 bits per heavy atom. The Hall–Kier alpha value is -2.82. The third-order valence-electron chi connectivity index (χ3n) is 5.12. The average Bonchev–Trinajstić information content (AvgIpc) is 2.58. The third kappa shape index (κ3) is 3.57. The van der Waals surface area contributed by atoms with Gasteiger partial charge >= 0.3 is 0 Å². The van der Waals surface area contributed by atoms with Gasteiger partial charge in [0.25, 0.3) is 11.8 Å². The van der Waals surface area contributed by atoms with Gasteiger partial charge < -0.3 is 15.3 Å². The summed E-state index contributed by atoms with van der Waals surface area (Å²) in [6.07, 6.45) is 0.880. The maximum absolute atomic E-state index is 12.7. The van der Waals surface area contributed by atoms with Crippen LogP contribution in [0.1, 0.15) is 43.8 Å². The molecule has 3 rings (SSSR count). The van der Waals surface area contributed by atoms with Gasteiger partial charge in [-0.25, -0.2) is 0 Å². The summed E-state index contributed by atoms with van der Waals surface area (Å²) >= 11 is 0. The van der Waals surface area contributed by atoms with Crippen molar-refractivity contribution in [2.75, 3.05) is 13.1 Å². The van der Waals surface area contributed by atoms with Gasteiger partial charge in [-0.3, -0.25) is 9.59 Å². The van der Waals surface area contributed by atoms with Crippen molar-refractivity contribution in [2.45, 2.75) is 33.2 Å². The zero-order valence-electron chi connectivity index (χ0n) is 15.4. The van der Waals surface area contributed by atoms with Crippen LogP contribution in [0.25, 0.3) is 0 Å². The Morgan fingerprint density at radius 1 is 1.04 bits per heavy atom. The number of amides is 2. The second kappa shape index (κ2) is 7.20. The largest absolute Gasteiger partial charge is 0.508 e. The van der Waals surface area contributed by atoms with Crippen molar-refractivity contribution in [1.82, 2.24) is 10.2 Å². The maximum atomic E-state index is 12.7.